The third kappa shape index (κ3) is 3.54. The van der Waals surface area contributed by atoms with Crippen molar-refractivity contribution in [2.24, 2.45) is 5.10 Å². The second-order valence-corrected chi connectivity index (χ2v) is 6.66. The summed E-state index contributed by atoms with van der Waals surface area (Å²) in [4.78, 5) is 12.2. The van der Waals surface area contributed by atoms with E-state index in [1.165, 1.54) is 11.9 Å². The molecule has 2 aromatic rings. The summed E-state index contributed by atoms with van der Waals surface area (Å²) >= 11 is 3.48. The molecule has 1 amide bonds. The van der Waals surface area contributed by atoms with Crippen molar-refractivity contribution in [2.45, 2.75) is 19.4 Å². The lowest BCUT2D eigenvalue weighted by atomic mass is 9.97. The maximum absolute atomic E-state index is 12.2. The predicted octanol–water partition coefficient (Wildman–Crippen LogP) is 4.16. The maximum Gasteiger partial charge on any atom is 0.240 e. The van der Waals surface area contributed by atoms with Crippen molar-refractivity contribution in [2.75, 3.05) is 14.2 Å². The summed E-state index contributed by atoms with van der Waals surface area (Å²) in [5.41, 5.74) is 2.74. The number of carbonyl (C=O) groups is 1. The minimum atomic E-state index is -0.225. The second-order valence-electron chi connectivity index (χ2n) is 5.75. The Morgan fingerprint density at radius 1 is 1.20 bits per heavy atom. The lowest BCUT2D eigenvalue weighted by Crippen LogP contribution is -2.24. The number of hydrazone groups is 1. The topological polar surface area (TPSA) is 51.1 Å². The Morgan fingerprint density at radius 3 is 2.64 bits per heavy atom. The number of rotatable bonds is 4. The maximum atomic E-state index is 12.2. The summed E-state index contributed by atoms with van der Waals surface area (Å²) in [5.74, 6) is 1.32. The molecule has 130 valence electrons. The molecule has 0 aliphatic carbocycles. The van der Waals surface area contributed by atoms with Crippen LogP contribution in [0.2, 0.25) is 0 Å². The minimum absolute atomic E-state index is 0.111. The van der Waals surface area contributed by atoms with Crippen LogP contribution >= 0.6 is 15.9 Å². The van der Waals surface area contributed by atoms with E-state index < -0.39 is 0 Å². The van der Waals surface area contributed by atoms with E-state index in [-0.39, 0.29) is 11.9 Å². The number of halogens is 1. The number of methoxy groups -OCH3 is 2. The number of nitrogens with zero attached hydrogens (tertiary/aromatic N) is 2. The molecule has 0 bridgehead atoms. The van der Waals surface area contributed by atoms with Crippen molar-refractivity contribution in [1.82, 2.24) is 5.01 Å². The van der Waals surface area contributed by atoms with Gasteiger partial charge in [-0.2, -0.15) is 5.10 Å². The summed E-state index contributed by atoms with van der Waals surface area (Å²) in [6.45, 7) is 1.52. The number of ether oxygens (including phenoxy) is 2. The number of hydrogen-bond acceptors (Lipinski definition) is 4. The highest BCUT2D eigenvalue weighted by Crippen LogP contribution is 2.39. The molecule has 0 spiro atoms. The van der Waals surface area contributed by atoms with Gasteiger partial charge in [-0.3, -0.25) is 4.79 Å². The molecule has 25 heavy (non-hydrogen) atoms. The molecule has 0 N–H and O–H groups in total. The van der Waals surface area contributed by atoms with Crippen molar-refractivity contribution in [3.63, 3.8) is 0 Å². The summed E-state index contributed by atoms with van der Waals surface area (Å²) in [6, 6.07) is 13.3. The van der Waals surface area contributed by atoms with Crippen LogP contribution in [0.25, 0.3) is 0 Å². The second kappa shape index (κ2) is 7.27. The molecule has 6 heteroatoms. The average Bonchev–Trinajstić information content (AvgIpc) is 3.06. The van der Waals surface area contributed by atoms with Gasteiger partial charge >= 0.3 is 0 Å². The fraction of sp³-hybridized carbons (Fsp3) is 0.263. The van der Waals surface area contributed by atoms with Gasteiger partial charge in [-0.15, -0.1) is 0 Å². The van der Waals surface area contributed by atoms with Crippen LogP contribution in [0, 0.1) is 0 Å². The SMILES string of the molecule is COc1ccc(OC)c([C@@H]2CC(c3cccc(Br)c3)=NN2C(C)=O)c1. The fourth-order valence-electron chi connectivity index (χ4n) is 2.99. The predicted molar refractivity (Wildman–Crippen MR) is 100 cm³/mol. The number of benzene rings is 2. The largest absolute Gasteiger partial charge is 0.497 e. The van der Waals surface area contributed by atoms with E-state index in [2.05, 4.69) is 21.0 Å². The number of amides is 1. The Balaban J connectivity index is 2.02. The van der Waals surface area contributed by atoms with E-state index in [1.54, 1.807) is 14.2 Å². The van der Waals surface area contributed by atoms with Gasteiger partial charge in [-0.25, -0.2) is 5.01 Å². The van der Waals surface area contributed by atoms with Gasteiger partial charge in [0, 0.05) is 23.4 Å². The van der Waals surface area contributed by atoms with Crippen LogP contribution < -0.4 is 9.47 Å². The van der Waals surface area contributed by atoms with Crippen molar-refractivity contribution >= 4 is 27.5 Å². The van der Waals surface area contributed by atoms with Crippen molar-refractivity contribution in [1.29, 1.82) is 0 Å². The molecule has 1 atom stereocenters. The summed E-state index contributed by atoms with van der Waals surface area (Å²) in [5, 5.41) is 6.09. The first-order valence-electron chi connectivity index (χ1n) is 7.88. The van der Waals surface area contributed by atoms with Crippen LogP contribution in [-0.4, -0.2) is 30.8 Å². The molecule has 1 aliphatic heterocycles. The summed E-state index contributed by atoms with van der Waals surface area (Å²) in [6.07, 6.45) is 0.611. The molecular weight excluding hydrogens is 384 g/mol. The molecule has 0 saturated heterocycles. The first kappa shape index (κ1) is 17.5. The quantitative estimate of drug-likeness (QED) is 0.770. The molecule has 1 aliphatic rings. The monoisotopic (exact) mass is 402 g/mol. The Labute approximate surface area is 155 Å². The van der Waals surface area contributed by atoms with Gasteiger partial charge in [0.05, 0.1) is 26.0 Å². The Bertz CT molecular complexity index is 835. The number of carbonyl (C=O) groups excluding carboxylic acids is 1. The fourth-order valence-corrected chi connectivity index (χ4v) is 3.38. The van der Waals surface area contributed by atoms with E-state index in [0.29, 0.717) is 12.2 Å². The third-order valence-electron chi connectivity index (χ3n) is 4.19. The molecule has 0 aromatic heterocycles. The average molecular weight is 403 g/mol. The zero-order valence-corrected chi connectivity index (χ0v) is 15.9. The zero-order valence-electron chi connectivity index (χ0n) is 14.3. The standard InChI is InChI=1S/C19H19BrN2O3/c1-12(23)22-18(16-10-15(24-2)7-8-19(16)25-3)11-17(21-22)13-5-4-6-14(20)9-13/h4-10,18H,11H2,1-3H3/t18-/m0/s1. The van der Waals surface area contributed by atoms with Crippen LogP contribution in [0.5, 0.6) is 11.5 Å². The van der Waals surface area contributed by atoms with Gasteiger partial charge in [0.2, 0.25) is 5.91 Å². The highest BCUT2D eigenvalue weighted by molar-refractivity contribution is 9.10. The van der Waals surface area contributed by atoms with Gasteiger partial charge < -0.3 is 9.47 Å². The molecule has 1 heterocycles. The van der Waals surface area contributed by atoms with E-state index in [0.717, 1.165) is 27.1 Å². The van der Waals surface area contributed by atoms with E-state index >= 15 is 0 Å². The highest BCUT2D eigenvalue weighted by atomic mass is 79.9. The molecule has 0 saturated carbocycles. The number of hydrogen-bond donors (Lipinski definition) is 0. The smallest absolute Gasteiger partial charge is 0.240 e. The van der Waals surface area contributed by atoms with Gasteiger partial charge in [-0.05, 0) is 35.9 Å². The normalized spacial score (nSPS) is 16.6. The van der Waals surface area contributed by atoms with Crippen LogP contribution in [0.3, 0.4) is 0 Å². The minimum Gasteiger partial charge on any atom is -0.497 e. The van der Waals surface area contributed by atoms with Crippen molar-refractivity contribution in [3.8, 4) is 11.5 Å². The summed E-state index contributed by atoms with van der Waals surface area (Å²) in [7, 11) is 3.24. The molecule has 0 radical (unpaired) electrons. The molecular formula is C19H19BrN2O3. The first-order chi connectivity index (χ1) is 12.0. The van der Waals surface area contributed by atoms with Gasteiger partial charge in [0.1, 0.15) is 11.5 Å². The summed E-state index contributed by atoms with van der Waals surface area (Å²) < 4.78 is 11.8. The third-order valence-corrected chi connectivity index (χ3v) is 4.68. The zero-order chi connectivity index (χ0) is 18.0. The van der Waals surface area contributed by atoms with Crippen LogP contribution in [-0.2, 0) is 4.79 Å². The van der Waals surface area contributed by atoms with E-state index in [1.807, 2.05) is 42.5 Å². The Kier molecular flexibility index (Phi) is 5.08. The Morgan fingerprint density at radius 2 is 2.00 bits per heavy atom. The molecule has 5 nitrogen and oxygen atoms in total. The van der Waals surface area contributed by atoms with Crippen LogP contribution in [0.1, 0.15) is 30.5 Å². The lowest BCUT2D eigenvalue weighted by molar-refractivity contribution is -0.130. The Hall–Kier alpha value is -2.34. The first-order valence-corrected chi connectivity index (χ1v) is 8.68. The lowest BCUT2D eigenvalue weighted by Gasteiger charge is -2.22. The van der Waals surface area contributed by atoms with Gasteiger partial charge in [0.15, 0.2) is 0 Å². The van der Waals surface area contributed by atoms with Crippen LogP contribution in [0.4, 0.5) is 0 Å². The van der Waals surface area contributed by atoms with E-state index in [4.69, 9.17) is 9.47 Å². The molecule has 3 rings (SSSR count). The van der Waals surface area contributed by atoms with E-state index in [9.17, 15) is 4.79 Å². The van der Waals surface area contributed by atoms with Crippen molar-refractivity contribution in [3.05, 3.63) is 58.1 Å². The van der Waals surface area contributed by atoms with Gasteiger partial charge in [-0.1, -0.05) is 28.1 Å². The van der Waals surface area contributed by atoms with Crippen LogP contribution in [0.15, 0.2) is 52.0 Å². The molecule has 0 unspecified atom stereocenters. The highest BCUT2D eigenvalue weighted by Gasteiger charge is 2.33. The molecule has 2 aromatic carbocycles. The van der Waals surface area contributed by atoms with Gasteiger partial charge in [0.25, 0.3) is 0 Å². The van der Waals surface area contributed by atoms with Crippen molar-refractivity contribution < 1.29 is 14.3 Å². The molecule has 0 fully saturated rings.